The molecule has 2 heteroatoms. The molecule has 0 aliphatic rings. The lowest BCUT2D eigenvalue weighted by molar-refractivity contribution is 0.143. The second-order valence-corrected chi connectivity index (χ2v) is 4.89. The van der Waals surface area contributed by atoms with Crippen LogP contribution in [0.2, 0.25) is 0 Å². The Morgan fingerprint density at radius 1 is 0.938 bits per heavy atom. The molecule has 0 saturated heterocycles. The molecule has 98 valence electrons. The van der Waals surface area contributed by atoms with Gasteiger partial charge in [0.25, 0.3) is 0 Å². The second-order valence-electron chi connectivity index (χ2n) is 4.89. The fourth-order valence-electron chi connectivity index (χ4n) is 1.67. The predicted molar refractivity (Wildman–Crippen MR) is 72.0 cm³/mol. The van der Waals surface area contributed by atoms with E-state index in [9.17, 15) is 0 Å². The van der Waals surface area contributed by atoms with E-state index < -0.39 is 0 Å². The highest BCUT2D eigenvalue weighted by molar-refractivity contribution is 4.56. The number of ether oxygens (including phenoxy) is 1. The summed E-state index contributed by atoms with van der Waals surface area (Å²) in [6.45, 7) is 9.64. The maximum atomic E-state index is 5.31. The molecule has 0 aromatic carbocycles. The van der Waals surface area contributed by atoms with Crippen LogP contribution in [0.1, 0.15) is 59.3 Å². The van der Waals surface area contributed by atoms with Gasteiger partial charge in [0.05, 0.1) is 0 Å². The van der Waals surface area contributed by atoms with Crippen LogP contribution in [0.5, 0.6) is 0 Å². The Bertz CT molecular complexity index is 137. The zero-order chi connectivity index (χ0) is 12.2. The molecular formula is C14H31NO. The lowest BCUT2D eigenvalue weighted by atomic mass is 10.1. The molecule has 0 aromatic heterocycles. The molecule has 0 radical (unpaired) electrons. The third-order valence-corrected chi connectivity index (χ3v) is 3.14. The minimum absolute atomic E-state index is 0.686. The summed E-state index contributed by atoms with van der Waals surface area (Å²) < 4.78 is 5.31. The topological polar surface area (TPSA) is 12.5 Å². The first-order chi connectivity index (χ1) is 7.68. The Labute approximate surface area is 102 Å². The van der Waals surface area contributed by atoms with Crippen molar-refractivity contribution in [2.24, 2.45) is 0 Å². The molecule has 2 nitrogen and oxygen atoms in total. The molecule has 0 unspecified atom stereocenters. The van der Waals surface area contributed by atoms with Crippen molar-refractivity contribution in [2.75, 3.05) is 26.8 Å². The summed E-state index contributed by atoms with van der Waals surface area (Å²) in [6.07, 6.45) is 8.06. The van der Waals surface area contributed by atoms with Crippen LogP contribution in [-0.4, -0.2) is 37.7 Å². The largest absolute Gasteiger partial charge is 0.382 e. The van der Waals surface area contributed by atoms with Crippen LogP contribution < -0.4 is 0 Å². The van der Waals surface area contributed by atoms with Crippen molar-refractivity contribution in [2.45, 2.75) is 65.3 Å². The summed E-state index contributed by atoms with van der Waals surface area (Å²) >= 11 is 0. The molecule has 16 heavy (non-hydrogen) atoms. The lowest BCUT2D eigenvalue weighted by Gasteiger charge is -2.20. The molecular weight excluding hydrogens is 198 g/mol. The molecule has 0 aliphatic heterocycles. The smallest absolute Gasteiger partial charge is 0.0465 e. The van der Waals surface area contributed by atoms with Crippen molar-refractivity contribution in [3.63, 3.8) is 0 Å². The van der Waals surface area contributed by atoms with Gasteiger partial charge in [-0.2, -0.15) is 0 Å². The molecule has 0 saturated carbocycles. The first kappa shape index (κ1) is 15.9. The van der Waals surface area contributed by atoms with Gasteiger partial charge in [0, 0.05) is 19.3 Å². The van der Waals surface area contributed by atoms with Crippen LogP contribution in [0.15, 0.2) is 0 Å². The average molecular weight is 229 g/mol. The van der Waals surface area contributed by atoms with E-state index in [-0.39, 0.29) is 0 Å². The summed E-state index contributed by atoms with van der Waals surface area (Å²) in [5.74, 6) is 0. The molecule has 0 N–H and O–H groups in total. The molecule has 0 bridgehead atoms. The maximum Gasteiger partial charge on any atom is 0.0465 e. The maximum absolute atomic E-state index is 5.31. The van der Waals surface area contributed by atoms with E-state index in [2.05, 4.69) is 32.7 Å². The minimum atomic E-state index is 0.686. The van der Waals surface area contributed by atoms with E-state index in [0.29, 0.717) is 6.04 Å². The zero-order valence-electron chi connectivity index (χ0n) is 11.8. The van der Waals surface area contributed by atoms with Crippen LogP contribution in [-0.2, 0) is 4.74 Å². The molecule has 0 amide bonds. The number of rotatable bonds is 11. The van der Waals surface area contributed by atoms with Crippen LogP contribution >= 0.6 is 0 Å². The number of hydrogen-bond acceptors (Lipinski definition) is 2. The average Bonchev–Trinajstić information content (AvgIpc) is 2.26. The molecule has 0 rings (SSSR count). The number of hydrogen-bond donors (Lipinski definition) is 0. The van der Waals surface area contributed by atoms with E-state index in [1.165, 1.54) is 45.1 Å². The summed E-state index contributed by atoms with van der Waals surface area (Å²) in [5.41, 5.74) is 0. The summed E-state index contributed by atoms with van der Waals surface area (Å²) in [5, 5.41) is 0. The summed E-state index contributed by atoms with van der Waals surface area (Å²) in [4.78, 5) is 2.43. The molecule has 0 aromatic rings. The van der Waals surface area contributed by atoms with Crippen molar-refractivity contribution in [3.05, 3.63) is 0 Å². The van der Waals surface area contributed by atoms with Crippen molar-refractivity contribution in [1.29, 1.82) is 0 Å². The van der Waals surface area contributed by atoms with Gasteiger partial charge in [-0.3, -0.25) is 0 Å². The Hall–Kier alpha value is -0.0800. The highest BCUT2D eigenvalue weighted by Gasteiger charge is 2.01. The Balaban J connectivity index is 3.04. The quantitative estimate of drug-likeness (QED) is 0.501. The van der Waals surface area contributed by atoms with Gasteiger partial charge < -0.3 is 9.64 Å². The van der Waals surface area contributed by atoms with Gasteiger partial charge in [-0.05, 0) is 47.2 Å². The summed E-state index contributed by atoms with van der Waals surface area (Å²) in [6, 6.07) is 0.686. The molecule has 0 aliphatic carbocycles. The van der Waals surface area contributed by atoms with Gasteiger partial charge >= 0.3 is 0 Å². The van der Waals surface area contributed by atoms with Gasteiger partial charge in [0.1, 0.15) is 0 Å². The van der Waals surface area contributed by atoms with Gasteiger partial charge in [-0.1, -0.05) is 25.7 Å². The highest BCUT2D eigenvalue weighted by Crippen LogP contribution is 2.06. The van der Waals surface area contributed by atoms with Gasteiger partial charge in [-0.25, -0.2) is 0 Å². The van der Waals surface area contributed by atoms with Crippen molar-refractivity contribution in [3.8, 4) is 0 Å². The zero-order valence-corrected chi connectivity index (χ0v) is 11.8. The van der Waals surface area contributed by atoms with E-state index in [1.807, 2.05) is 0 Å². The molecule has 0 atom stereocenters. The SMILES string of the molecule is CCOCCCCCCCCN(C)C(C)C. The van der Waals surface area contributed by atoms with Crippen molar-refractivity contribution < 1.29 is 4.74 Å². The monoisotopic (exact) mass is 229 g/mol. The highest BCUT2D eigenvalue weighted by atomic mass is 16.5. The van der Waals surface area contributed by atoms with Gasteiger partial charge in [-0.15, -0.1) is 0 Å². The standard InChI is InChI=1S/C14H31NO/c1-5-16-13-11-9-7-6-8-10-12-15(4)14(2)3/h14H,5-13H2,1-4H3. The van der Waals surface area contributed by atoms with Crippen molar-refractivity contribution in [1.82, 2.24) is 4.90 Å². The molecule has 0 spiro atoms. The van der Waals surface area contributed by atoms with Gasteiger partial charge in [0.2, 0.25) is 0 Å². The van der Waals surface area contributed by atoms with Crippen LogP contribution in [0.25, 0.3) is 0 Å². The van der Waals surface area contributed by atoms with Crippen LogP contribution in [0, 0.1) is 0 Å². The third kappa shape index (κ3) is 10.4. The number of nitrogens with zero attached hydrogens (tertiary/aromatic N) is 1. The minimum Gasteiger partial charge on any atom is -0.382 e. The van der Waals surface area contributed by atoms with E-state index in [4.69, 9.17) is 4.74 Å². The molecule has 0 fully saturated rings. The summed E-state index contributed by atoms with van der Waals surface area (Å²) in [7, 11) is 2.22. The fraction of sp³-hybridized carbons (Fsp3) is 1.00. The first-order valence-electron chi connectivity index (χ1n) is 6.96. The predicted octanol–water partition coefficient (Wildman–Crippen LogP) is 3.70. The van der Waals surface area contributed by atoms with Crippen molar-refractivity contribution >= 4 is 0 Å². The fourth-order valence-corrected chi connectivity index (χ4v) is 1.67. The van der Waals surface area contributed by atoms with E-state index >= 15 is 0 Å². The Morgan fingerprint density at radius 2 is 1.50 bits per heavy atom. The van der Waals surface area contributed by atoms with Crippen LogP contribution in [0.4, 0.5) is 0 Å². The number of unbranched alkanes of at least 4 members (excludes halogenated alkanes) is 5. The Morgan fingerprint density at radius 3 is 2.06 bits per heavy atom. The normalized spacial score (nSPS) is 11.6. The third-order valence-electron chi connectivity index (χ3n) is 3.14. The van der Waals surface area contributed by atoms with Gasteiger partial charge in [0.15, 0.2) is 0 Å². The first-order valence-corrected chi connectivity index (χ1v) is 6.96. The Kier molecular flexibility index (Phi) is 11.3. The lowest BCUT2D eigenvalue weighted by Crippen LogP contribution is -2.27. The van der Waals surface area contributed by atoms with Crippen LogP contribution in [0.3, 0.4) is 0 Å². The second kappa shape index (κ2) is 11.4. The molecule has 0 heterocycles. The van der Waals surface area contributed by atoms with E-state index in [0.717, 1.165) is 13.2 Å². The van der Waals surface area contributed by atoms with E-state index in [1.54, 1.807) is 0 Å².